The fourth-order valence-corrected chi connectivity index (χ4v) is 4.21. The number of likely N-dealkylation sites (tertiary alicyclic amines) is 1. The van der Waals surface area contributed by atoms with Crippen LogP contribution >= 0.6 is 15.9 Å². The van der Waals surface area contributed by atoms with E-state index in [1.165, 1.54) is 17.4 Å². The van der Waals surface area contributed by atoms with E-state index in [9.17, 15) is 0 Å². The van der Waals surface area contributed by atoms with Crippen LogP contribution in [-0.2, 0) is 13.1 Å². The third kappa shape index (κ3) is 3.26. The summed E-state index contributed by atoms with van der Waals surface area (Å²) in [5, 5.41) is 1.21. The number of hydrogen-bond acceptors (Lipinski definition) is 2. The second kappa shape index (κ2) is 6.69. The van der Waals surface area contributed by atoms with Crippen molar-refractivity contribution in [1.82, 2.24) is 14.5 Å². The third-order valence-corrected chi connectivity index (χ3v) is 5.48. The van der Waals surface area contributed by atoms with Crippen molar-refractivity contribution in [3.8, 4) is 0 Å². The normalized spacial score (nSPS) is 21.6. The maximum absolute atomic E-state index is 4.59. The highest BCUT2D eigenvalue weighted by molar-refractivity contribution is 9.10. The van der Waals surface area contributed by atoms with Crippen molar-refractivity contribution in [2.24, 2.45) is 5.92 Å². The average Bonchev–Trinajstić information content (AvgIpc) is 3.12. The lowest BCUT2D eigenvalue weighted by Crippen LogP contribution is -2.26. The van der Waals surface area contributed by atoms with E-state index >= 15 is 0 Å². The van der Waals surface area contributed by atoms with Crippen molar-refractivity contribution >= 4 is 27.0 Å². The van der Waals surface area contributed by atoms with Gasteiger partial charge in [0.2, 0.25) is 0 Å². The summed E-state index contributed by atoms with van der Waals surface area (Å²) in [7, 11) is 0. The average molecular weight is 384 g/mol. The highest BCUT2D eigenvalue weighted by atomic mass is 79.9. The molecule has 0 bridgehead atoms. The highest BCUT2D eigenvalue weighted by Gasteiger charge is 2.29. The number of fused-ring (bicyclic) bond motifs is 1. The largest absolute Gasteiger partial charge is 0.332 e. The molecule has 2 atom stereocenters. The molecular weight excluding hydrogens is 362 g/mol. The highest BCUT2D eigenvalue weighted by Crippen LogP contribution is 2.27. The predicted octanol–water partition coefficient (Wildman–Crippen LogP) is 4.71. The Labute approximate surface area is 151 Å². The van der Waals surface area contributed by atoms with Gasteiger partial charge in [-0.15, -0.1) is 0 Å². The lowest BCUT2D eigenvalue weighted by atomic mass is 10.1. The first-order valence-corrected chi connectivity index (χ1v) is 9.37. The van der Waals surface area contributed by atoms with E-state index in [1.54, 1.807) is 0 Å². The molecule has 3 nitrogen and oxygen atoms in total. The van der Waals surface area contributed by atoms with Crippen molar-refractivity contribution < 1.29 is 0 Å². The molecule has 1 aliphatic heterocycles. The second-order valence-electron chi connectivity index (χ2n) is 6.90. The Bertz CT molecular complexity index is 827. The standard InChI is InChI=1S/C20H22BrN3/c1-15-9-17(14-24(15)12-16-5-3-2-4-6-16)13-23-8-7-18-10-19(21)11-22-20(18)23/h2-8,10-11,15,17H,9,12-14H2,1H3/t15-,17+/m1/s1. The summed E-state index contributed by atoms with van der Waals surface area (Å²) in [4.78, 5) is 7.20. The molecule has 0 amide bonds. The summed E-state index contributed by atoms with van der Waals surface area (Å²) in [5.41, 5.74) is 2.50. The van der Waals surface area contributed by atoms with Crippen LogP contribution in [0.5, 0.6) is 0 Å². The van der Waals surface area contributed by atoms with E-state index in [4.69, 9.17) is 0 Å². The van der Waals surface area contributed by atoms with Crippen LogP contribution in [0.25, 0.3) is 11.0 Å². The van der Waals surface area contributed by atoms with Gasteiger partial charge in [0.05, 0.1) is 0 Å². The second-order valence-corrected chi connectivity index (χ2v) is 7.82. The number of aromatic nitrogens is 2. The minimum Gasteiger partial charge on any atom is -0.332 e. The first-order chi connectivity index (χ1) is 11.7. The molecule has 1 aromatic carbocycles. The Kier molecular flexibility index (Phi) is 4.42. The Hall–Kier alpha value is -1.65. The summed E-state index contributed by atoms with van der Waals surface area (Å²) in [6, 6.07) is 15.7. The molecule has 0 radical (unpaired) electrons. The molecule has 1 saturated heterocycles. The minimum absolute atomic E-state index is 0.638. The molecule has 1 aliphatic rings. The molecule has 3 heterocycles. The van der Waals surface area contributed by atoms with Crippen LogP contribution in [0.2, 0.25) is 0 Å². The summed E-state index contributed by atoms with van der Waals surface area (Å²) < 4.78 is 3.35. The fourth-order valence-electron chi connectivity index (χ4n) is 3.86. The zero-order valence-electron chi connectivity index (χ0n) is 13.9. The topological polar surface area (TPSA) is 21.1 Å². The lowest BCUT2D eigenvalue weighted by molar-refractivity contribution is 0.253. The molecule has 0 saturated carbocycles. The number of hydrogen-bond donors (Lipinski definition) is 0. The Morgan fingerprint density at radius 3 is 2.88 bits per heavy atom. The van der Waals surface area contributed by atoms with E-state index in [0.29, 0.717) is 12.0 Å². The Balaban J connectivity index is 1.46. The van der Waals surface area contributed by atoms with Gasteiger partial charge in [0, 0.05) is 47.9 Å². The Morgan fingerprint density at radius 2 is 2.04 bits per heavy atom. The Morgan fingerprint density at radius 1 is 1.21 bits per heavy atom. The molecule has 0 aliphatic carbocycles. The van der Waals surface area contributed by atoms with Crippen molar-refractivity contribution in [2.45, 2.75) is 32.5 Å². The van der Waals surface area contributed by atoms with Crippen molar-refractivity contribution in [1.29, 1.82) is 0 Å². The maximum Gasteiger partial charge on any atom is 0.139 e. The van der Waals surface area contributed by atoms with E-state index in [2.05, 4.69) is 86.0 Å². The number of halogens is 1. The number of rotatable bonds is 4. The van der Waals surface area contributed by atoms with Crippen LogP contribution in [0.3, 0.4) is 0 Å². The van der Waals surface area contributed by atoms with Crippen LogP contribution in [0.1, 0.15) is 18.9 Å². The summed E-state index contributed by atoms with van der Waals surface area (Å²) in [6.45, 7) is 5.61. The monoisotopic (exact) mass is 383 g/mol. The van der Waals surface area contributed by atoms with Gasteiger partial charge in [-0.1, -0.05) is 30.3 Å². The minimum atomic E-state index is 0.638. The van der Waals surface area contributed by atoms with Crippen LogP contribution in [0.15, 0.2) is 59.3 Å². The SMILES string of the molecule is C[C@@H]1C[C@@H](Cn2ccc3cc(Br)cnc32)CN1Cc1ccccc1. The van der Waals surface area contributed by atoms with Crippen LogP contribution in [-0.4, -0.2) is 27.0 Å². The zero-order chi connectivity index (χ0) is 16.5. The van der Waals surface area contributed by atoms with Gasteiger partial charge < -0.3 is 4.57 Å². The molecule has 1 fully saturated rings. The zero-order valence-corrected chi connectivity index (χ0v) is 15.5. The lowest BCUT2D eigenvalue weighted by Gasteiger charge is -2.21. The van der Waals surface area contributed by atoms with Crippen molar-refractivity contribution in [3.63, 3.8) is 0 Å². The fraction of sp³-hybridized carbons (Fsp3) is 0.350. The predicted molar refractivity (Wildman–Crippen MR) is 102 cm³/mol. The van der Waals surface area contributed by atoms with Gasteiger partial charge in [-0.2, -0.15) is 0 Å². The summed E-state index contributed by atoms with van der Waals surface area (Å²) >= 11 is 3.50. The summed E-state index contributed by atoms with van der Waals surface area (Å²) in [5.74, 6) is 0.685. The number of nitrogens with zero attached hydrogens (tertiary/aromatic N) is 3. The molecule has 4 rings (SSSR count). The summed E-state index contributed by atoms with van der Waals surface area (Å²) in [6.07, 6.45) is 5.31. The van der Waals surface area contributed by atoms with Crippen LogP contribution < -0.4 is 0 Å². The molecule has 2 aromatic heterocycles. The number of pyridine rings is 1. The van der Waals surface area contributed by atoms with Gasteiger partial charge in [-0.05, 0) is 52.9 Å². The van der Waals surface area contributed by atoms with E-state index in [0.717, 1.165) is 29.8 Å². The third-order valence-electron chi connectivity index (χ3n) is 5.04. The van der Waals surface area contributed by atoms with Crippen LogP contribution in [0, 0.1) is 5.92 Å². The van der Waals surface area contributed by atoms with Gasteiger partial charge >= 0.3 is 0 Å². The molecule has 0 N–H and O–H groups in total. The van der Waals surface area contributed by atoms with Gasteiger partial charge in [0.15, 0.2) is 0 Å². The van der Waals surface area contributed by atoms with Crippen LogP contribution in [0.4, 0.5) is 0 Å². The van der Waals surface area contributed by atoms with Gasteiger partial charge in [0.25, 0.3) is 0 Å². The van der Waals surface area contributed by atoms with Gasteiger partial charge in [-0.3, -0.25) is 4.90 Å². The quantitative estimate of drug-likeness (QED) is 0.650. The van der Waals surface area contributed by atoms with E-state index in [1.807, 2.05) is 6.20 Å². The molecule has 24 heavy (non-hydrogen) atoms. The molecule has 3 aromatic rings. The van der Waals surface area contributed by atoms with Crippen molar-refractivity contribution in [3.05, 3.63) is 64.9 Å². The smallest absolute Gasteiger partial charge is 0.139 e. The first-order valence-electron chi connectivity index (χ1n) is 8.57. The van der Waals surface area contributed by atoms with Gasteiger partial charge in [0.1, 0.15) is 5.65 Å². The molecule has 4 heteroatoms. The molecule has 124 valence electrons. The number of benzene rings is 1. The molecule has 0 spiro atoms. The molecule has 0 unspecified atom stereocenters. The first kappa shape index (κ1) is 15.9. The molecular formula is C20H22BrN3. The van der Waals surface area contributed by atoms with Gasteiger partial charge in [-0.25, -0.2) is 4.98 Å². The van der Waals surface area contributed by atoms with E-state index in [-0.39, 0.29) is 0 Å². The van der Waals surface area contributed by atoms with Crippen molar-refractivity contribution in [2.75, 3.05) is 6.54 Å². The maximum atomic E-state index is 4.59. The van der Waals surface area contributed by atoms with E-state index < -0.39 is 0 Å².